The second kappa shape index (κ2) is 3.12. The highest BCUT2D eigenvalue weighted by atomic mass is 32.1. The molecule has 4 heteroatoms. The Morgan fingerprint density at radius 1 is 1.60 bits per heavy atom. The Kier molecular flexibility index (Phi) is 2.17. The first-order valence-electron chi connectivity index (χ1n) is 2.71. The van der Waals surface area contributed by atoms with E-state index < -0.39 is 0 Å². The molecule has 1 aliphatic heterocycles. The number of rotatable bonds is 0. The lowest BCUT2D eigenvalue weighted by Crippen LogP contribution is -2.14. The number of hydrogen-bond acceptors (Lipinski definition) is 1. The molecule has 0 aromatic rings. The molecule has 0 bridgehead atoms. The van der Waals surface area contributed by atoms with Gasteiger partial charge in [0.15, 0.2) is 10.9 Å². The zero-order chi connectivity index (χ0) is 7.40. The summed E-state index contributed by atoms with van der Waals surface area (Å²) in [4.78, 5) is 3.76. The zero-order valence-corrected chi connectivity index (χ0v) is 6.01. The molecule has 0 aliphatic carbocycles. The van der Waals surface area contributed by atoms with Crippen LogP contribution in [0.2, 0.25) is 0 Å². The van der Waals surface area contributed by atoms with E-state index in [0.717, 1.165) is 0 Å². The highest BCUT2D eigenvalue weighted by Gasteiger charge is 1.94. The van der Waals surface area contributed by atoms with Crippen LogP contribution in [0.25, 0.3) is 0 Å². The molecule has 0 unspecified atom stereocenters. The molecule has 1 rings (SSSR count). The van der Waals surface area contributed by atoms with E-state index in [1.54, 1.807) is 18.4 Å². The van der Waals surface area contributed by atoms with Crippen LogP contribution in [0.4, 0.5) is 0 Å². The van der Waals surface area contributed by atoms with E-state index in [0.29, 0.717) is 5.84 Å². The summed E-state index contributed by atoms with van der Waals surface area (Å²) in [5.41, 5.74) is 5.15. The molecular formula is C6H6N3S. The van der Waals surface area contributed by atoms with Crippen molar-refractivity contribution in [2.45, 2.75) is 0 Å². The van der Waals surface area contributed by atoms with Gasteiger partial charge in [-0.2, -0.15) is 0 Å². The SMILES string of the molecule is NC(=S)N=C1C=CC=C[N]1. The Bertz CT molecular complexity index is 227. The highest BCUT2D eigenvalue weighted by molar-refractivity contribution is 7.80. The Hall–Kier alpha value is -1.16. The maximum Gasteiger partial charge on any atom is 0.192 e. The summed E-state index contributed by atoms with van der Waals surface area (Å²) in [7, 11) is 0. The molecular weight excluding hydrogens is 146 g/mol. The standard InChI is InChI=1S/C6H6N3S/c7-6(10)9-5-3-1-2-4-8-5/h1-4H,(H2,7,10). The quantitative estimate of drug-likeness (QED) is 0.508. The van der Waals surface area contributed by atoms with Gasteiger partial charge in [0.1, 0.15) is 0 Å². The molecule has 0 fully saturated rings. The van der Waals surface area contributed by atoms with E-state index in [2.05, 4.69) is 22.5 Å². The van der Waals surface area contributed by atoms with Crippen molar-refractivity contribution in [2.24, 2.45) is 10.7 Å². The number of aliphatic imine (C=N–C) groups is 1. The van der Waals surface area contributed by atoms with Crippen molar-refractivity contribution in [1.82, 2.24) is 5.32 Å². The van der Waals surface area contributed by atoms with Gasteiger partial charge in [-0.05, 0) is 24.4 Å². The van der Waals surface area contributed by atoms with E-state index in [1.807, 2.05) is 6.08 Å². The normalized spacial score (nSPS) is 19.0. The molecule has 0 aromatic heterocycles. The molecule has 1 radical (unpaired) electrons. The first-order chi connectivity index (χ1) is 4.79. The van der Waals surface area contributed by atoms with Gasteiger partial charge in [-0.1, -0.05) is 6.08 Å². The van der Waals surface area contributed by atoms with Crippen LogP contribution in [0.1, 0.15) is 0 Å². The van der Waals surface area contributed by atoms with Crippen LogP contribution in [0, 0.1) is 0 Å². The lowest BCUT2D eigenvalue weighted by Gasteiger charge is -1.98. The van der Waals surface area contributed by atoms with Crippen molar-refractivity contribution in [3.8, 4) is 0 Å². The highest BCUT2D eigenvalue weighted by Crippen LogP contribution is 1.89. The summed E-state index contributed by atoms with van der Waals surface area (Å²) in [6, 6.07) is 0. The van der Waals surface area contributed by atoms with E-state index in [4.69, 9.17) is 5.73 Å². The average molecular weight is 152 g/mol. The number of thiocarbonyl (C=S) groups is 1. The number of allylic oxidation sites excluding steroid dienone is 2. The lowest BCUT2D eigenvalue weighted by molar-refractivity contribution is 1.24. The van der Waals surface area contributed by atoms with Crippen LogP contribution in [-0.2, 0) is 0 Å². The Labute approximate surface area is 64.3 Å². The van der Waals surface area contributed by atoms with Gasteiger partial charge >= 0.3 is 0 Å². The molecule has 0 aromatic carbocycles. The maximum atomic E-state index is 5.15. The van der Waals surface area contributed by atoms with Crippen LogP contribution in [0.15, 0.2) is 29.4 Å². The minimum Gasteiger partial charge on any atom is -0.374 e. The van der Waals surface area contributed by atoms with Crippen LogP contribution >= 0.6 is 12.2 Å². The van der Waals surface area contributed by atoms with Crippen molar-refractivity contribution in [2.75, 3.05) is 0 Å². The molecule has 10 heavy (non-hydrogen) atoms. The minimum absolute atomic E-state index is 0.110. The Morgan fingerprint density at radius 2 is 2.40 bits per heavy atom. The van der Waals surface area contributed by atoms with Crippen molar-refractivity contribution < 1.29 is 0 Å². The average Bonchev–Trinajstić information content (AvgIpc) is 1.88. The van der Waals surface area contributed by atoms with Gasteiger partial charge in [0, 0.05) is 6.20 Å². The van der Waals surface area contributed by atoms with Crippen molar-refractivity contribution in [3.05, 3.63) is 24.4 Å². The predicted molar refractivity (Wildman–Crippen MR) is 44.6 cm³/mol. The van der Waals surface area contributed by atoms with E-state index in [-0.39, 0.29) is 5.11 Å². The smallest absolute Gasteiger partial charge is 0.192 e. The van der Waals surface area contributed by atoms with Crippen molar-refractivity contribution in [3.63, 3.8) is 0 Å². The molecule has 0 spiro atoms. The molecule has 0 amide bonds. The van der Waals surface area contributed by atoms with Gasteiger partial charge in [0.25, 0.3) is 0 Å². The Balaban J connectivity index is 2.67. The summed E-state index contributed by atoms with van der Waals surface area (Å²) < 4.78 is 0. The fourth-order valence-electron chi connectivity index (χ4n) is 0.533. The molecule has 1 heterocycles. The number of nitrogens with two attached hydrogens (primary N) is 1. The van der Waals surface area contributed by atoms with E-state index >= 15 is 0 Å². The summed E-state index contributed by atoms with van der Waals surface area (Å²) in [6.07, 6.45) is 7.00. The van der Waals surface area contributed by atoms with Gasteiger partial charge in [-0.25, -0.2) is 10.3 Å². The second-order valence-corrected chi connectivity index (χ2v) is 2.06. The third-order valence-corrected chi connectivity index (χ3v) is 0.965. The van der Waals surface area contributed by atoms with Gasteiger partial charge in [-0.15, -0.1) is 0 Å². The predicted octanol–water partition coefficient (Wildman–Crippen LogP) is 0.316. The monoisotopic (exact) mass is 152 g/mol. The Morgan fingerprint density at radius 3 is 2.90 bits per heavy atom. The van der Waals surface area contributed by atoms with E-state index in [9.17, 15) is 0 Å². The van der Waals surface area contributed by atoms with Crippen molar-refractivity contribution >= 4 is 23.2 Å². The summed E-state index contributed by atoms with van der Waals surface area (Å²) in [5, 5.41) is 3.99. The minimum atomic E-state index is 0.110. The molecule has 2 N–H and O–H groups in total. The van der Waals surface area contributed by atoms with Gasteiger partial charge in [0.2, 0.25) is 0 Å². The summed E-state index contributed by atoms with van der Waals surface area (Å²) in [6.45, 7) is 0. The molecule has 0 saturated heterocycles. The first kappa shape index (κ1) is 6.95. The summed E-state index contributed by atoms with van der Waals surface area (Å²) >= 11 is 4.55. The van der Waals surface area contributed by atoms with Crippen LogP contribution < -0.4 is 11.1 Å². The lowest BCUT2D eigenvalue weighted by atomic mass is 10.4. The largest absolute Gasteiger partial charge is 0.374 e. The van der Waals surface area contributed by atoms with Crippen LogP contribution in [0.5, 0.6) is 0 Å². The van der Waals surface area contributed by atoms with Crippen LogP contribution in [0.3, 0.4) is 0 Å². The molecule has 0 saturated carbocycles. The molecule has 3 nitrogen and oxygen atoms in total. The topological polar surface area (TPSA) is 52.5 Å². The van der Waals surface area contributed by atoms with Gasteiger partial charge < -0.3 is 5.73 Å². The van der Waals surface area contributed by atoms with Gasteiger partial charge in [-0.3, -0.25) is 0 Å². The molecule has 51 valence electrons. The van der Waals surface area contributed by atoms with E-state index in [1.165, 1.54) is 0 Å². The molecule has 0 atom stereocenters. The summed E-state index contributed by atoms with van der Waals surface area (Å²) in [5.74, 6) is 0.551. The van der Waals surface area contributed by atoms with Gasteiger partial charge in [0.05, 0.1) is 0 Å². The number of hydrogen-bond donors (Lipinski definition) is 1. The van der Waals surface area contributed by atoms with Crippen LogP contribution in [-0.4, -0.2) is 10.9 Å². The maximum absolute atomic E-state index is 5.15. The zero-order valence-electron chi connectivity index (χ0n) is 5.19. The second-order valence-electron chi connectivity index (χ2n) is 1.64. The fourth-order valence-corrected chi connectivity index (χ4v) is 0.626. The number of amidine groups is 1. The first-order valence-corrected chi connectivity index (χ1v) is 3.12. The third-order valence-electron chi connectivity index (χ3n) is 0.874. The fraction of sp³-hybridized carbons (Fsp3) is 0. The third kappa shape index (κ3) is 1.99. The van der Waals surface area contributed by atoms with Crippen molar-refractivity contribution in [1.29, 1.82) is 0 Å². The number of nitrogens with zero attached hydrogens (tertiary/aromatic N) is 2. The molecule has 1 aliphatic rings.